The number of piperazine rings is 1. The van der Waals surface area contributed by atoms with Crippen molar-refractivity contribution in [1.29, 1.82) is 0 Å². The molecule has 90 valence electrons. The molecule has 0 spiro atoms. The first kappa shape index (κ1) is 11.6. The molecule has 16 heavy (non-hydrogen) atoms. The van der Waals surface area contributed by atoms with Crippen LogP contribution >= 0.6 is 0 Å². The standard InChI is InChI=1S/C12H22N4/c1-3-11-9-12(16(4-2)14-11)10-15-7-5-13-6-8-15/h9,13H,3-8,10H2,1-2H3. The fourth-order valence-electron chi connectivity index (χ4n) is 2.19. The molecule has 0 radical (unpaired) electrons. The van der Waals surface area contributed by atoms with Crippen LogP contribution in [0.25, 0.3) is 0 Å². The van der Waals surface area contributed by atoms with Crippen LogP contribution in [0.15, 0.2) is 6.07 Å². The molecule has 1 aliphatic heterocycles. The quantitative estimate of drug-likeness (QED) is 0.820. The first-order chi connectivity index (χ1) is 7.83. The third-order valence-corrected chi connectivity index (χ3v) is 3.17. The summed E-state index contributed by atoms with van der Waals surface area (Å²) < 4.78 is 2.14. The number of aryl methyl sites for hydroxylation is 2. The SMILES string of the molecule is CCc1cc(CN2CCNCC2)n(CC)n1. The number of nitrogens with one attached hydrogen (secondary N) is 1. The molecule has 2 rings (SSSR count). The van der Waals surface area contributed by atoms with Crippen LogP contribution in [0.4, 0.5) is 0 Å². The van der Waals surface area contributed by atoms with Gasteiger partial charge in [-0.3, -0.25) is 9.58 Å². The summed E-state index contributed by atoms with van der Waals surface area (Å²) in [7, 11) is 0. The molecular weight excluding hydrogens is 200 g/mol. The molecule has 1 aromatic heterocycles. The number of nitrogens with zero attached hydrogens (tertiary/aromatic N) is 3. The van der Waals surface area contributed by atoms with Gasteiger partial charge in [0.15, 0.2) is 0 Å². The van der Waals surface area contributed by atoms with Crippen LogP contribution in [0.3, 0.4) is 0 Å². The predicted molar refractivity (Wildman–Crippen MR) is 65.4 cm³/mol. The average molecular weight is 222 g/mol. The van der Waals surface area contributed by atoms with Crippen LogP contribution in [0.5, 0.6) is 0 Å². The van der Waals surface area contributed by atoms with Gasteiger partial charge in [0, 0.05) is 39.3 Å². The zero-order valence-electron chi connectivity index (χ0n) is 10.4. The van der Waals surface area contributed by atoms with E-state index in [0.717, 1.165) is 45.7 Å². The Morgan fingerprint density at radius 2 is 2.06 bits per heavy atom. The van der Waals surface area contributed by atoms with E-state index in [1.165, 1.54) is 11.4 Å². The average Bonchev–Trinajstić information content (AvgIpc) is 2.73. The first-order valence-corrected chi connectivity index (χ1v) is 6.32. The van der Waals surface area contributed by atoms with Gasteiger partial charge in [0.1, 0.15) is 0 Å². The van der Waals surface area contributed by atoms with E-state index in [2.05, 4.69) is 39.9 Å². The molecule has 0 aromatic carbocycles. The van der Waals surface area contributed by atoms with Gasteiger partial charge in [-0.05, 0) is 19.4 Å². The summed E-state index contributed by atoms with van der Waals surface area (Å²) in [5.74, 6) is 0. The molecular formula is C12H22N4. The smallest absolute Gasteiger partial charge is 0.0625 e. The fourth-order valence-corrected chi connectivity index (χ4v) is 2.19. The van der Waals surface area contributed by atoms with Crippen molar-refractivity contribution in [1.82, 2.24) is 20.0 Å². The van der Waals surface area contributed by atoms with E-state index < -0.39 is 0 Å². The van der Waals surface area contributed by atoms with E-state index in [-0.39, 0.29) is 0 Å². The molecule has 1 aliphatic rings. The molecule has 0 bridgehead atoms. The van der Waals surface area contributed by atoms with Crippen molar-refractivity contribution in [3.8, 4) is 0 Å². The van der Waals surface area contributed by atoms with E-state index in [1.54, 1.807) is 0 Å². The van der Waals surface area contributed by atoms with Crippen molar-refractivity contribution < 1.29 is 0 Å². The van der Waals surface area contributed by atoms with Crippen molar-refractivity contribution in [3.63, 3.8) is 0 Å². The lowest BCUT2D eigenvalue weighted by Crippen LogP contribution is -2.43. The van der Waals surface area contributed by atoms with E-state index in [9.17, 15) is 0 Å². The van der Waals surface area contributed by atoms with Crippen molar-refractivity contribution in [3.05, 3.63) is 17.5 Å². The zero-order valence-corrected chi connectivity index (χ0v) is 10.4. The van der Waals surface area contributed by atoms with Gasteiger partial charge in [-0.15, -0.1) is 0 Å². The lowest BCUT2D eigenvalue weighted by molar-refractivity contribution is 0.227. The Labute approximate surface area is 97.6 Å². The second kappa shape index (κ2) is 5.46. The normalized spacial score (nSPS) is 17.9. The highest BCUT2D eigenvalue weighted by Gasteiger charge is 2.13. The number of hydrogen-bond donors (Lipinski definition) is 1. The number of rotatable bonds is 4. The Morgan fingerprint density at radius 1 is 1.31 bits per heavy atom. The van der Waals surface area contributed by atoms with Gasteiger partial charge in [-0.25, -0.2) is 0 Å². The van der Waals surface area contributed by atoms with Crippen LogP contribution in [-0.2, 0) is 19.5 Å². The third-order valence-electron chi connectivity index (χ3n) is 3.17. The van der Waals surface area contributed by atoms with E-state index in [0.29, 0.717) is 0 Å². The van der Waals surface area contributed by atoms with Crippen LogP contribution in [0.2, 0.25) is 0 Å². The largest absolute Gasteiger partial charge is 0.314 e. The Kier molecular flexibility index (Phi) is 3.96. The minimum atomic E-state index is 0.974. The second-order valence-electron chi connectivity index (χ2n) is 4.32. The topological polar surface area (TPSA) is 33.1 Å². The Morgan fingerprint density at radius 3 is 2.69 bits per heavy atom. The summed E-state index contributed by atoms with van der Waals surface area (Å²) in [4.78, 5) is 2.50. The minimum absolute atomic E-state index is 0.974. The van der Waals surface area contributed by atoms with Crippen molar-refractivity contribution in [2.24, 2.45) is 0 Å². The maximum absolute atomic E-state index is 4.59. The van der Waals surface area contributed by atoms with Crippen LogP contribution < -0.4 is 5.32 Å². The number of hydrogen-bond acceptors (Lipinski definition) is 3. The van der Waals surface area contributed by atoms with Crippen molar-refractivity contribution in [2.45, 2.75) is 33.4 Å². The fraction of sp³-hybridized carbons (Fsp3) is 0.750. The zero-order chi connectivity index (χ0) is 11.4. The Bertz CT molecular complexity index is 326. The van der Waals surface area contributed by atoms with E-state index in [4.69, 9.17) is 0 Å². The molecule has 0 amide bonds. The van der Waals surface area contributed by atoms with Crippen molar-refractivity contribution >= 4 is 0 Å². The molecule has 2 heterocycles. The summed E-state index contributed by atoms with van der Waals surface area (Å²) in [5.41, 5.74) is 2.58. The molecule has 0 unspecified atom stereocenters. The van der Waals surface area contributed by atoms with Gasteiger partial charge < -0.3 is 5.32 Å². The third kappa shape index (κ3) is 2.62. The molecule has 1 saturated heterocycles. The lowest BCUT2D eigenvalue weighted by atomic mass is 10.2. The Balaban J connectivity index is 2.03. The van der Waals surface area contributed by atoms with Crippen LogP contribution in [-0.4, -0.2) is 40.9 Å². The lowest BCUT2D eigenvalue weighted by Gasteiger charge is -2.27. The molecule has 4 heteroatoms. The van der Waals surface area contributed by atoms with Gasteiger partial charge in [0.25, 0.3) is 0 Å². The van der Waals surface area contributed by atoms with E-state index in [1.807, 2.05) is 0 Å². The monoisotopic (exact) mass is 222 g/mol. The summed E-state index contributed by atoms with van der Waals surface area (Å²) >= 11 is 0. The van der Waals surface area contributed by atoms with Gasteiger partial charge in [-0.2, -0.15) is 5.10 Å². The second-order valence-corrected chi connectivity index (χ2v) is 4.32. The highest BCUT2D eigenvalue weighted by molar-refractivity contribution is 5.10. The molecule has 1 fully saturated rings. The molecule has 4 nitrogen and oxygen atoms in total. The highest BCUT2D eigenvalue weighted by Crippen LogP contribution is 2.09. The summed E-state index contributed by atoms with van der Waals surface area (Å²) in [6.45, 7) is 10.9. The van der Waals surface area contributed by atoms with Gasteiger partial charge in [0.05, 0.1) is 11.4 Å². The van der Waals surface area contributed by atoms with Crippen LogP contribution in [0.1, 0.15) is 25.2 Å². The summed E-state index contributed by atoms with van der Waals surface area (Å²) in [6, 6.07) is 2.26. The van der Waals surface area contributed by atoms with Gasteiger partial charge >= 0.3 is 0 Å². The maximum atomic E-state index is 4.59. The highest BCUT2D eigenvalue weighted by atomic mass is 15.3. The summed E-state index contributed by atoms with van der Waals surface area (Å²) in [6.07, 6.45) is 1.03. The molecule has 1 aromatic rings. The Hall–Kier alpha value is -0.870. The first-order valence-electron chi connectivity index (χ1n) is 6.32. The molecule has 1 N–H and O–H groups in total. The maximum Gasteiger partial charge on any atom is 0.0625 e. The van der Waals surface area contributed by atoms with Crippen LogP contribution in [0, 0.1) is 0 Å². The molecule has 0 saturated carbocycles. The van der Waals surface area contributed by atoms with Crippen molar-refractivity contribution in [2.75, 3.05) is 26.2 Å². The van der Waals surface area contributed by atoms with Gasteiger partial charge in [-0.1, -0.05) is 6.92 Å². The minimum Gasteiger partial charge on any atom is -0.314 e. The van der Waals surface area contributed by atoms with Gasteiger partial charge in [0.2, 0.25) is 0 Å². The molecule has 0 aliphatic carbocycles. The number of aromatic nitrogens is 2. The molecule has 0 atom stereocenters. The predicted octanol–water partition coefficient (Wildman–Crippen LogP) is 0.871. The van der Waals surface area contributed by atoms with E-state index >= 15 is 0 Å². The summed E-state index contributed by atoms with van der Waals surface area (Å²) in [5, 5.41) is 7.97.